The number of benzene rings is 1. The predicted molar refractivity (Wildman–Crippen MR) is 108 cm³/mol. The molecule has 1 saturated carbocycles. The minimum atomic E-state index is -0.358. The van der Waals surface area contributed by atoms with E-state index in [1.165, 1.54) is 11.1 Å². The summed E-state index contributed by atoms with van der Waals surface area (Å²) in [5.41, 5.74) is 2.60. The number of hydrogen-bond acceptors (Lipinski definition) is 2. The zero-order valence-electron chi connectivity index (χ0n) is 16.2. The maximum atomic E-state index is 11.8. The molecule has 0 aromatic heterocycles. The van der Waals surface area contributed by atoms with Crippen LogP contribution in [0.25, 0.3) is 0 Å². The Bertz CT molecular complexity index is 604. The summed E-state index contributed by atoms with van der Waals surface area (Å²) < 4.78 is 0. The molecule has 0 bridgehead atoms. The van der Waals surface area contributed by atoms with Crippen LogP contribution in [0.3, 0.4) is 0 Å². The Balaban J connectivity index is 1.69. The van der Waals surface area contributed by atoms with Crippen molar-refractivity contribution >= 4 is 5.91 Å². The number of hydrogen-bond donors (Lipinski definition) is 1. The SMILES string of the molecule is CN(C)C(=O)/C=C1/CCC[C@@H](/C=C/[C@@H](O)CCCCc2ccccc2)C1. The van der Waals surface area contributed by atoms with Crippen LogP contribution in [0, 0.1) is 5.92 Å². The van der Waals surface area contributed by atoms with Crippen LogP contribution in [-0.4, -0.2) is 36.1 Å². The maximum Gasteiger partial charge on any atom is 0.245 e. The highest BCUT2D eigenvalue weighted by Crippen LogP contribution is 2.29. The van der Waals surface area contributed by atoms with Crippen LogP contribution in [0.2, 0.25) is 0 Å². The summed E-state index contributed by atoms with van der Waals surface area (Å²) in [6, 6.07) is 10.5. The first-order valence-electron chi connectivity index (χ1n) is 9.85. The normalized spacial score (nSPS) is 20.4. The first kappa shape index (κ1) is 20.4. The van der Waals surface area contributed by atoms with E-state index < -0.39 is 0 Å². The van der Waals surface area contributed by atoms with Crippen LogP contribution in [0.1, 0.15) is 50.5 Å². The molecule has 0 saturated heterocycles. The van der Waals surface area contributed by atoms with Crippen molar-refractivity contribution in [3.8, 4) is 0 Å². The zero-order valence-corrected chi connectivity index (χ0v) is 16.2. The van der Waals surface area contributed by atoms with Crippen LogP contribution < -0.4 is 0 Å². The fraction of sp³-hybridized carbons (Fsp3) is 0.522. The smallest absolute Gasteiger partial charge is 0.245 e. The van der Waals surface area contributed by atoms with Crippen molar-refractivity contribution in [1.29, 1.82) is 0 Å². The highest BCUT2D eigenvalue weighted by Gasteiger charge is 2.16. The number of aliphatic hydroxyl groups excluding tert-OH is 1. The molecule has 1 fully saturated rings. The van der Waals surface area contributed by atoms with Gasteiger partial charge in [0.15, 0.2) is 0 Å². The summed E-state index contributed by atoms with van der Waals surface area (Å²) in [4.78, 5) is 13.4. The molecule has 1 aromatic carbocycles. The number of aliphatic hydroxyl groups is 1. The number of carbonyl (C=O) groups excluding carboxylic acids is 1. The molecule has 1 aromatic rings. The number of nitrogens with zero attached hydrogens (tertiary/aromatic N) is 1. The van der Waals surface area contributed by atoms with Crippen molar-refractivity contribution < 1.29 is 9.90 Å². The van der Waals surface area contributed by atoms with Crippen LogP contribution in [-0.2, 0) is 11.2 Å². The molecule has 1 aliphatic carbocycles. The van der Waals surface area contributed by atoms with E-state index in [-0.39, 0.29) is 12.0 Å². The maximum absolute atomic E-state index is 11.8. The van der Waals surface area contributed by atoms with E-state index in [0.29, 0.717) is 5.92 Å². The van der Waals surface area contributed by atoms with Crippen molar-refractivity contribution in [3.63, 3.8) is 0 Å². The van der Waals surface area contributed by atoms with Gasteiger partial charge in [0.1, 0.15) is 0 Å². The van der Waals surface area contributed by atoms with Gasteiger partial charge in [-0.15, -0.1) is 0 Å². The lowest BCUT2D eigenvalue weighted by Gasteiger charge is -2.22. The van der Waals surface area contributed by atoms with Gasteiger partial charge in [-0.25, -0.2) is 0 Å². The summed E-state index contributed by atoms with van der Waals surface area (Å²) in [5, 5.41) is 10.2. The Labute approximate surface area is 158 Å². The van der Waals surface area contributed by atoms with Gasteiger partial charge in [-0.1, -0.05) is 54.5 Å². The molecule has 0 unspecified atom stereocenters. The van der Waals surface area contributed by atoms with Gasteiger partial charge in [-0.2, -0.15) is 0 Å². The lowest BCUT2D eigenvalue weighted by Crippen LogP contribution is -2.20. The summed E-state index contributed by atoms with van der Waals surface area (Å²) in [6.07, 6.45) is 13.8. The highest BCUT2D eigenvalue weighted by molar-refractivity contribution is 5.87. The Morgan fingerprint density at radius 3 is 2.77 bits per heavy atom. The lowest BCUT2D eigenvalue weighted by atomic mass is 9.84. The number of carbonyl (C=O) groups is 1. The first-order valence-corrected chi connectivity index (χ1v) is 9.85. The fourth-order valence-corrected chi connectivity index (χ4v) is 3.44. The molecule has 2 atom stereocenters. The third-order valence-corrected chi connectivity index (χ3v) is 5.03. The largest absolute Gasteiger partial charge is 0.389 e. The Morgan fingerprint density at radius 2 is 2.04 bits per heavy atom. The summed E-state index contributed by atoms with van der Waals surface area (Å²) in [6.45, 7) is 0. The summed E-state index contributed by atoms with van der Waals surface area (Å²) in [5.74, 6) is 0.520. The van der Waals surface area contributed by atoms with Crippen LogP contribution >= 0.6 is 0 Å². The minimum absolute atomic E-state index is 0.0723. The second-order valence-corrected chi connectivity index (χ2v) is 7.58. The second-order valence-electron chi connectivity index (χ2n) is 7.58. The topological polar surface area (TPSA) is 40.5 Å². The molecule has 3 nitrogen and oxygen atoms in total. The molecule has 142 valence electrons. The molecule has 1 amide bonds. The molecule has 0 heterocycles. The van der Waals surface area contributed by atoms with Gasteiger partial charge in [0.2, 0.25) is 5.91 Å². The number of amides is 1. The van der Waals surface area contributed by atoms with Gasteiger partial charge in [-0.3, -0.25) is 4.79 Å². The van der Waals surface area contributed by atoms with Gasteiger partial charge in [0, 0.05) is 20.2 Å². The van der Waals surface area contributed by atoms with E-state index >= 15 is 0 Å². The standard InChI is InChI=1S/C23H33NO2/c1-24(2)23(26)18-21-13-8-12-20(17-21)15-16-22(25)14-7-6-11-19-9-4-3-5-10-19/h3-5,9-10,15-16,18,20,22,25H,6-8,11-14,17H2,1-2H3/b16-15+,21-18-/t20-,22-/m0/s1. The molecule has 26 heavy (non-hydrogen) atoms. The van der Waals surface area contributed by atoms with Gasteiger partial charge in [0.05, 0.1) is 6.10 Å². The van der Waals surface area contributed by atoms with Crippen LogP contribution in [0.15, 0.2) is 54.1 Å². The molecule has 1 aliphatic rings. The lowest BCUT2D eigenvalue weighted by molar-refractivity contribution is -0.123. The van der Waals surface area contributed by atoms with Crippen molar-refractivity contribution in [2.75, 3.05) is 14.1 Å². The number of aryl methyl sites for hydroxylation is 1. The summed E-state index contributed by atoms with van der Waals surface area (Å²) in [7, 11) is 3.57. The van der Waals surface area contributed by atoms with Crippen molar-refractivity contribution in [2.24, 2.45) is 5.92 Å². The molecular weight excluding hydrogens is 322 g/mol. The number of unbranched alkanes of at least 4 members (excludes halogenated alkanes) is 1. The van der Waals surface area contributed by atoms with Crippen molar-refractivity contribution in [2.45, 2.75) is 57.5 Å². The van der Waals surface area contributed by atoms with E-state index in [0.717, 1.165) is 51.4 Å². The van der Waals surface area contributed by atoms with Gasteiger partial charge < -0.3 is 10.0 Å². The average Bonchev–Trinajstić information content (AvgIpc) is 2.64. The molecule has 0 radical (unpaired) electrons. The zero-order chi connectivity index (χ0) is 18.8. The predicted octanol–water partition coefficient (Wildman–Crippen LogP) is 4.52. The number of rotatable bonds is 8. The Morgan fingerprint density at radius 1 is 1.27 bits per heavy atom. The van der Waals surface area contributed by atoms with Crippen molar-refractivity contribution in [1.82, 2.24) is 4.90 Å². The first-order chi connectivity index (χ1) is 12.5. The van der Waals surface area contributed by atoms with Gasteiger partial charge >= 0.3 is 0 Å². The van der Waals surface area contributed by atoms with E-state index in [9.17, 15) is 9.90 Å². The summed E-state index contributed by atoms with van der Waals surface area (Å²) >= 11 is 0. The van der Waals surface area contributed by atoms with E-state index in [1.807, 2.05) is 12.1 Å². The Hall–Kier alpha value is -1.87. The molecule has 3 heteroatoms. The van der Waals surface area contributed by atoms with Crippen LogP contribution in [0.5, 0.6) is 0 Å². The third kappa shape index (κ3) is 7.57. The monoisotopic (exact) mass is 355 g/mol. The van der Waals surface area contributed by atoms with E-state index in [4.69, 9.17) is 0 Å². The minimum Gasteiger partial charge on any atom is -0.389 e. The number of allylic oxidation sites excluding steroid dienone is 2. The second kappa shape index (κ2) is 11.0. The van der Waals surface area contributed by atoms with E-state index in [1.54, 1.807) is 25.1 Å². The van der Waals surface area contributed by atoms with Gasteiger partial charge in [-0.05, 0) is 56.4 Å². The molecule has 0 spiro atoms. The van der Waals surface area contributed by atoms with Gasteiger partial charge in [0.25, 0.3) is 0 Å². The number of likely N-dealkylation sites (N-methyl/N-ethyl adjacent to an activating group) is 1. The Kier molecular flexibility index (Phi) is 8.63. The average molecular weight is 356 g/mol. The quantitative estimate of drug-likeness (QED) is 0.423. The third-order valence-electron chi connectivity index (χ3n) is 5.03. The van der Waals surface area contributed by atoms with Crippen LogP contribution in [0.4, 0.5) is 0 Å². The van der Waals surface area contributed by atoms with Crippen molar-refractivity contribution in [3.05, 3.63) is 59.7 Å². The molecular formula is C23H33NO2. The molecule has 0 aliphatic heterocycles. The van der Waals surface area contributed by atoms with E-state index in [2.05, 4.69) is 30.3 Å². The fourth-order valence-electron chi connectivity index (χ4n) is 3.44. The molecule has 2 rings (SSSR count). The highest BCUT2D eigenvalue weighted by atomic mass is 16.3. The molecule has 1 N–H and O–H groups in total.